The lowest BCUT2D eigenvalue weighted by Crippen LogP contribution is -2.38. The summed E-state index contributed by atoms with van der Waals surface area (Å²) in [5.74, 6) is 1.42. The van der Waals surface area contributed by atoms with Gasteiger partial charge in [-0.1, -0.05) is 11.6 Å². The number of nitrogens with zero attached hydrogens (tertiary/aromatic N) is 1. The molecule has 0 aliphatic carbocycles. The fourth-order valence-electron chi connectivity index (χ4n) is 3.65. The van der Waals surface area contributed by atoms with E-state index < -0.39 is 0 Å². The van der Waals surface area contributed by atoms with Crippen molar-refractivity contribution in [3.8, 4) is 11.5 Å². The van der Waals surface area contributed by atoms with Gasteiger partial charge in [-0.2, -0.15) is 0 Å². The highest BCUT2D eigenvalue weighted by atomic mass is 35.5. The average Bonchev–Trinajstić information content (AvgIpc) is 2.82. The van der Waals surface area contributed by atoms with Crippen LogP contribution in [0.15, 0.2) is 72.8 Å². The summed E-state index contributed by atoms with van der Waals surface area (Å²) < 4.78 is 5.78. The third-order valence-electron chi connectivity index (χ3n) is 5.43. The molecule has 5 nitrogen and oxygen atoms in total. The van der Waals surface area contributed by atoms with Gasteiger partial charge in [0, 0.05) is 41.0 Å². The fourth-order valence-corrected chi connectivity index (χ4v) is 3.78. The van der Waals surface area contributed by atoms with Crippen LogP contribution in [-0.2, 0) is 4.79 Å². The normalized spacial score (nSPS) is 14.2. The minimum atomic E-state index is -0.0181. The van der Waals surface area contributed by atoms with Gasteiger partial charge in [-0.25, -0.2) is 0 Å². The van der Waals surface area contributed by atoms with Crippen molar-refractivity contribution in [1.29, 1.82) is 0 Å². The number of hydrogen-bond acceptors (Lipinski definition) is 4. The van der Waals surface area contributed by atoms with Crippen LogP contribution in [0, 0.1) is 5.92 Å². The zero-order valence-electron chi connectivity index (χ0n) is 17.0. The first-order valence-corrected chi connectivity index (χ1v) is 10.6. The maximum absolute atomic E-state index is 12.7. The molecule has 0 atom stereocenters. The molecule has 158 valence electrons. The van der Waals surface area contributed by atoms with E-state index >= 15 is 0 Å². The molecule has 0 bridgehead atoms. The van der Waals surface area contributed by atoms with Crippen molar-refractivity contribution in [2.45, 2.75) is 12.8 Å². The van der Waals surface area contributed by atoms with Crippen molar-refractivity contribution in [3.05, 3.63) is 83.4 Å². The molecule has 1 N–H and O–H groups in total. The summed E-state index contributed by atoms with van der Waals surface area (Å²) in [6.07, 6.45) is 2.43. The lowest BCUT2D eigenvalue weighted by molar-refractivity contribution is -0.120. The minimum Gasteiger partial charge on any atom is -0.457 e. The summed E-state index contributed by atoms with van der Waals surface area (Å²) in [6, 6.07) is 22.1. The Balaban J connectivity index is 1.28. The van der Waals surface area contributed by atoms with E-state index in [-0.39, 0.29) is 11.8 Å². The predicted molar refractivity (Wildman–Crippen MR) is 123 cm³/mol. The van der Waals surface area contributed by atoms with Gasteiger partial charge in [-0.3, -0.25) is 9.59 Å². The molecule has 0 aromatic heterocycles. The summed E-state index contributed by atoms with van der Waals surface area (Å²) in [6.45, 7) is 1.62. The van der Waals surface area contributed by atoms with E-state index in [4.69, 9.17) is 16.3 Å². The second-order valence-corrected chi connectivity index (χ2v) is 7.98. The Morgan fingerprint density at radius 2 is 1.48 bits per heavy atom. The molecule has 31 heavy (non-hydrogen) atoms. The van der Waals surface area contributed by atoms with Crippen LogP contribution in [0.3, 0.4) is 0 Å². The molecule has 1 heterocycles. The summed E-state index contributed by atoms with van der Waals surface area (Å²) in [5.41, 5.74) is 2.50. The molecule has 4 rings (SSSR count). The Bertz CT molecular complexity index is 1030. The molecule has 0 radical (unpaired) electrons. The Morgan fingerprint density at radius 3 is 2.06 bits per heavy atom. The third kappa shape index (κ3) is 5.44. The number of hydrogen-bond donors (Lipinski definition) is 1. The van der Waals surface area contributed by atoms with Gasteiger partial charge in [0.2, 0.25) is 5.91 Å². The van der Waals surface area contributed by atoms with Gasteiger partial charge in [-0.05, 0) is 85.6 Å². The third-order valence-corrected chi connectivity index (χ3v) is 5.68. The van der Waals surface area contributed by atoms with Crippen LogP contribution in [0.2, 0.25) is 5.02 Å². The molecule has 1 aliphatic rings. The first-order chi connectivity index (χ1) is 15.1. The highest BCUT2D eigenvalue weighted by Crippen LogP contribution is 2.27. The smallest absolute Gasteiger partial charge is 0.227 e. The molecule has 6 heteroatoms. The zero-order chi connectivity index (χ0) is 21.6. The number of benzene rings is 3. The Hall–Kier alpha value is -3.31. The van der Waals surface area contributed by atoms with Crippen LogP contribution in [0.4, 0.5) is 11.4 Å². The molecular weight excluding hydrogens is 412 g/mol. The number of piperidine rings is 1. The van der Waals surface area contributed by atoms with Crippen molar-refractivity contribution in [2.24, 2.45) is 5.92 Å². The summed E-state index contributed by atoms with van der Waals surface area (Å²) in [5, 5.41) is 3.67. The Morgan fingerprint density at radius 1 is 0.903 bits per heavy atom. The van der Waals surface area contributed by atoms with Crippen molar-refractivity contribution in [1.82, 2.24) is 0 Å². The van der Waals surface area contributed by atoms with Crippen LogP contribution in [0.5, 0.6) is 11.5 Å². The zero-order valence-corrected chi connectivity index (χ0v) is 17.7. The van der Waals surface area contributed by atoms with Crippen LogP contribution >= 0.6 is 11.6 Å². The van der Waals surface area contributed by atoms with Gasteiger partial charge in [0.1, 0.15) is 17.8 Å². The minimum absolute atomic E-state index is 0.0181. The SMILES string of the molecule is O=Cc1ccc(N2CCC(C(=O)Nc3ccc(Oc4ccc(Cl)cc4)cc3)CC2)cc1. The second kappa shape index (κ2) is 9.67. The summed E-state index contributed by atoms with van der Waals surface area (Å²) >= 11 is 5.89. The molecule has 1 saturated heterocycles. The van der Waals surface area contributed by atoms with E-state index in [2.05, 4.69) is 10.2 Å². The number of anilines is 2. The van der Waals surface area contributed by atoms with E-state index in [1.54, 1.807) is 24.3 Å². The maximum atomic E-state index is 12.7. The molecular formula is C25H23ClN2O3. The number of carbonyl (C=O) groups is 2. The van der Waals surface area contributed by atoms with Crippen LogP contribution < -0.4 is 15.0 Å². The van der Waals surface area contributed by atoms with Gasteiger partial charge in [0.05, 0.1) is 0 Å². The molecule has 0 unspecified atom stereocenters. The lowest BCUT2D eigenvalue weighted by Gasteiger charge is -2.33. The van der Waals surface area contributed by atoms with Gasteiger partial charge in [-0.15, -0.1) is 0 Å². The molecule has 0 spiro atoms. The van der Waals surface area contributed by atoms with Crippen molar-refractivity contribution in [3.63, 3.8) is 0 Å². The Kier molecular flexibility index (Phi) is 6.53. The van der Waals surface area contributed by atoms with Gasteiger partial charge in [0.15, 0.2) is 0 Å². The summed E-state index contributed by atoms with van der Waals surface area (Å²) in [7, 11) is 0. The van der Waals surface area contributed by atoms with Gasteiger partial charge < -0.3 is 15.0 Å². The monoisotopic (exact) mass is 434 g/mol. The number of nitrogens with one attached hydrogen (secondary N) is 1. The Labute approximate surface area is 186 Å². The molecule has 1 fully saturated rings. The predicted octanol–water partition coefficient (Wildman–Crippen LogP) is 5.80. The number of ether oxygens (including phenoxy) is 1. The number of aldehydes is 1. The van der Waals surface area contributed by atoms with Crippen molar-refractivity contribution in [2.75, 3.05) is 23.3 Å². The molecule has 3 aromatic carbocycles. The lowest BCUT2D eigenvalue weighted by atomic mass is 9.95. The van der Waals surface area contributed by atoms with Crippen molar-refractivity contribution >= 4 is 35.2 Å². The van der Waals surface area contributed by atoms with E-state index in [1.165, 1.54) is 0 Å². The molecule has 1 amide bonds. The quantitative estimate of drug-likeness (QED) is 0.498. The van der Waals surface area contributed by atoms with Gasteiger partial charge >= 0.3 is 0 Å². The second-order valence-electron chi connectivity index (χ2n) is 7.54. The number of halogens is 1. The number of carbonyl (C=O) groups excluding carboxylic acids is 2. The van der Waals surface area contributed by atoms with E-state index in [1.807, 2.05) is 48.5 Å². The highest BCUT2D eigenvalue weighted by molar-refractivity contribution is 6.30. The number of amides is 1. The molecule has 1 aliphatic heterocycles. The average molecular weight is 435 g/mol. The first-order valence-electron chi connectivity index (χ1n) is 10.3. The topological polar surface area (TPSA) is 58.6 Å². The van der Waals surface area contributed by atoms with Gasteiger partial charge in [0.25, 0.3) is 0 Å². The van der Waals surface area contributed by atoms with E-state index in [0.717, 1.165) is 43.6 Å². The van der Waals surface area contributed by atoms with Crippen LogP contribution in [0.1, 0.15) is 23.2 Å². The first kappa shape index (κ1) is 20.9. The van der Waals surface area contributed by atoms with Crippen LogP contribution in [0.25, 0.3) is 0 Å². The highest BCUT2D eigenvalue weighted by Gasteiger charge is 2.25. The van der Waals surface area contributed by atoms with Crippen LogP contribution in [-0.4, -0.2) is 25.3 Å². The molecule has 3 aromatic rings. The largest absolute Gasteiger partial charge is 0.457 e. The standard InChI is InChI=1S/C25H23ClN2O3/c26-20-3-9-23(10-4-20)31-24-11-5-21(6-12-24)27-25(30)19-13-15-28(16-14-19)22-7-1-18(17-29)2-8-22/h1-12,17,19H,13-16H2,(H,27,30). The van der Waals surface area contributed by atoms with E-state index in [9.17, 15) is 9.59 Å². The van der Waals surface area contributed by atoms with Crippen molar-refractivity contribution < 1.29 is 14.3 Å². The summed E-state index contributed by atoms with van der Waals surface area (Å²) in [4.78, 5) is 25.7. The maximum Gasteiger partial charge on any atom is 0.227 e. The fraction of sp³-hybridized carbons (Fsp3) is 0.200. The molecule has 0 saturated carbocycles. The van der Waals surface area contributed by atoms with E-state index in [0.29, 0.717) is 22.1 Å². The number of rotatable bonds is 6.